The van der Waals surface area contributed by atoms with E-state index in [1.807, 2.05) is 31.2 Å². The summed E-state index contributed by atoms with van der Waals surface area (Å²) in [5.74, 6) is -0.422. The van der Waals surface area contributed by atoms with Gasteiger partial charge in [-0.1, -0.05) is 23.8 Å². The van der Waals surface area contributed by atoms with Gasteiger partial charge in [-0.25, -0.2) is 4.79 Å². The molecule has 1 fully saturated rings. The number of amides is 4. The summed E-state index contributed by atoms with van der Waals surface area (Å²) in [7, 11) is 0. The molecule has 1 aliphatic rings. The maximum atomic E-state index is 12.7. The summed E-state index contributed by atoms with van der Waals surface area (Å²) in [4.78, 5) is 38.1. The van der Waals surface area contributed by atoms with Crippen molar-refractivity contribution < 1.29 is 14.4 Å². The highest BCUT2D eigenvalue weighted by atomic mass is 16.2. The lowest BCUT2D eigenvalue weighted by atomic mass is 10.2. The Morgan fingerprint density at radius 2 is 1.61 bits per heavy atom. The first-order valence-corrected chi connectivity index (χ1v) is 9.25. The number of aryl methyl sites for hydroxylation is 1. The van der Waals surface area contributed by atoms with Crippen LogP contribution in [-0.4, -0.2) is 35.3 Å². The lowest BCUT2D eigenvalue weighted by molar-refractivity contribution is -0.119. The van der Waals surface area contributed by atoms with Crippen LogP contribution in [0.3, 0.4) is 0 Å². The smallest absolute Gasteiger partial charge is 0.322 e. The summed E-state index contributed by atoms with van der Waals surface area (Å²) in [5, 5.41) is 8.37. The van der Waals surface area contributed by atoms with E-state index in [4.69, 9.17) is 0 Å². The molecule has 1 atom stereocenters. The van der Waals surface area contributed by atoms with E-state index in [0.29, 0.717) is 30.0 Å². The first-order valence-electron chi connectivity index (χ1n) is 9.25. The highest BCUT2D eigenvalue weighted by Gasteiger charge is 2.34. The van der Waals surface area contributed by atoms with Gasteiger partial charge in [-0.3, -0.25) is 9.59 Å². The topological polar surface area (TPSA) is 90.5 Å². The van der Waals surface area contributed by atoms with Gasteiger partial charge in [-0.15, -0.1) is 0 Å². The maximum absolute atomic E-state index is 12.7. The number of carbonyl (C=O) groups is 3. The number of anilines is 3. The second-order valence-electron chi connectivity index (χ2n) is 6.90. The van der Waals surface area contributed by atoms with Crippen molar-refractivity contribution in [2.24, 2.45) is 0 Å². The van der Waals surface area contributed by atoms with Crippen LogP contribution in [-0.2, 0) is 9.59 Å². The fraction of sp³-hybridized carbons (Fsp3) is 0.286. The van der Waals surface area contributed by atoms with E-state index in [1.54, 1.807) is 29.2 Å². The van der Waals surface area contributed by atoms with Crippen molar-refractivity contribution in [2.45, 2.75) is 32.7 Å². The highest BCUT2D eigenvalue weighted by molar-refractivity contribution is 6.00. The van der Waals surface area contributed by atoms with Crippen molar-refractivity contribution in [1.82, 2.24) is 4.90 Å². The molecule has 1 aliphatic heterocycles. The minimum absolute atomic E-state index is 0.182. The molecule has 4 amide bonds. The molecule has 28 heavy (non-hydrogen) atoms. The lowest BCUT2D eigenvalue weighted by Gasteiger charge is -2.24. The number of nitrogens with zero attached hydrogens (tertiary/aromatic N) is 1. The van der Waals surface area contributed by atoms with Crippen LogP contribution in [0.1, 0.15) is 25.3 Å². The number of hydrogen-bond acceptors (Lipinski definition) is 3. The minimum Gasteiger partial charge on any atom is -0.326 e. The molecule has 0 radical (unpaired) electrons. The van der Waals surface area contributed by atoms with Crippen LogP contribution in [0.5, 0.6) is 0 Å². The molecule has 1 heterocycles. The van der Waals surface area contributed by atoms with Crippen LogP contribution in [0, 0.1) is 6.92 Å². The standard InChI is InChI=1S/C21H24N4O3/c1-14-8-10-16(11-9-14)24-21(28)25-12-4-7-19(25)20(27)23-18-6-3-5-17(13-18)22-15(2)26/h3,5-6,8-11,13,19H,4,7,12H2,1-2H3,(H,22,26)(H,23,27)(H,24,28)/t19-/m1/s1. The van der Waals surface area contributed by atoms with Crippen LogP contribution in [0.25, 0.3) is 0 Å². The molecule has 3 rings (SSSR count). The third-order valence-electron chi connectivity index (χ3n) is 4.57. The van der Waals surface area contributed by atoms with E-state index in [2.05, 4.69) is 16.0 Å². The van der Waals surface area contributed by atoms with Crippen molar-refractivity contribution >= 4 is 34.9 Å². The molecule has 2 aromatic carbocycles. The largest absolute Gasteiger partial charge is 0.326 e. The number of urea groups is 1. The third-order valence-corrected chi connectivity index (χ3v) is 4.57. The van der Waals surface area contributed by atoms with Gasteiger partial charge in [0.2, 0.25) is 11.8 Å². The quantitative estimate of drug-likeness (QED) is 0.757. The molecule has 2 aromatic rings. The minimum atomic E-state index is -0.533. The van der Waals surface area contributed by atoms with Gasteiger partial charge in [0.1, 0.15) is 6.04 Å². The van der Waals surface area contributed by atoms with E-state index < -0.39 is 6.04 Å². The maximum Gasteiger partial charge on any atom is 0.322 e. The van der Waals surface area contributed by atoms with Gasteiger partial charge < -0.3 is 20.9 Å². The van der Waals surface area contributed by atoms with Crippen LogP contribution in [0.2, 0.25) is 0 Å². The van der Waals surface area contributed by atoms with Crippen molar-refractivity contribution in [3.63, 3.8) is 0 Å². The number of rotatable bonds is 4. The third kappa shape index (κ3) is 4.88. The van der Waals surface area contributed by atoms with Gasteiger partial charge in [-0.05, 0) is 50.1 Å². The number of likely N-dealkylation sites (tertiary alicyclic amines) is 1. The van der Waals surface area contributed by atoms with Gasteiger partial charge in [0, 0.05) is 30.5 Å². The zero-order valence-electron chi connectivity index (χ0n) is 16.0. The summed E-state index contributed by atoms with van der Waals surface area (Å²) < 4.78 is 0. The fourth-order valence-corrected chi connectivity index (χ4v) is 3.22. The number of carbonyl (C=O) groups excluding carboxylic acids is 3. The van der Waals surface area contributed by atoms with Crippen LogP contribution >= 0.6 is 0 Å². The average Bonchev–Trinajstić information content (AvgIpc) is 3.13. The first-order chi connectivity index (χ1) is 13.4. The summed E-state index contributed by atoms with van der Waals surface area (Å²) in [6.45, 7) is 3.93. The van der Waals surface area contributed by atoms with E-state index in [-0.39, 0.29) is 17.8 Å². The Hall–Kier alpha value is -3.35. The van der Waals surface area contributed by atoms with E-state index in [0.717, 1.165) is 12.0 Å². The van der Waals surface area contributed by atoms with E-state index >= 15 is 0 Å². The Morgan fingerprint density at radius 1 is 0.929 bits per heavy atom. The second-order valence-corrected chi connectivity index (χ2v) is 6.90. The second kappa shape index (κ2) is 8.56. The molecule has 7 nitrogen and oxygen atoms in total. The van der Waals surface area contributed by atoms with Gasteiger partial charge in [-0.2, -0.15) is 0 Å². The number of nitrogens with one attached hydrogen (secondary N) is 3. The SMILES string of the molecule is CC(=O)Nc1cccc(NC(=O)[C@H]2CCCN2C(=O)Nc2ccc(C)cc2)c1. The van der Waals surface area contributed by atoms with Crippen LogP contribution in [0.15, 0.2) is 48.5 Å². The molecule has 1 saturated heterocycles. The predicted octanol–water partition coefficient (Wildman–Crippen LogP) is 3.59. The summed E-state index contributed by atoms with van der Waals surface area (Å²) in [6, 6.07) is 13.6. The monoisotopic (exact) mass is 380 g/mol. The normalized spacial score (nSPS) is 15.8. The Labute approximate surface area is 164 Å². The summed E-state index contributed by atoms with van der Waals surface area (Å²) in [6.07, 6.45) is 1.38. The van der Waals surface area contributed by atoms with E-state index in [9.17, 15) is 14.4 Å². The van der Waals surface area contributed by atoms with Gasteiger partial charge in [0.15, 0.2) is 0 Å². The number of hydrogen-bond donors (Lipinski definition) is 3. The van der Waals surface area contributed by atoms with Gasteiger partial charge >= 0.3 is 6.03 Å². The molecular formula is C21H24N4O3. The first kappa shape index (κ1) is 19.4. The van der Waals surface area contributed by atoms with E-state index in [1.165, 1.54) is 6.92 Å². The Balaban J connectivity index is 1.65. The molecular weight excluding hydrogens is 356 g/mol. The highest BCUT2D eigenvalue weighted by Crippen LogP contribution is 2.22. The van der Waals surface area contributed by atoms with Gasteiger partial charge in [0.05, 0.1) is 0 Å². The number of benzene rings is 2. The molecule has 7 heteroatoms. The van der Waals surface area contributed by atoms with Crippen molar-refractivity contribution in [3.05, 3.63) is 54.1 Å². The molecule has 0 bridgehead atoms. The zero-order chi connectivity index (χ0) is 20.1. The molecule has 0 spiro atoms. The molecule has 0 saturated carbocycles. The Bertz CT molecular complexity index is 879. The Morgan fingerprint density at radius 3 is 2.29 bits per heavy atom. The summed E-state index contributed by atoms with van der Waals surface area (Å²) in [5.41, 5.74) is 2.98. The molecule has 146 valence electrons. The lowest BCUT2D eigenvalue weighted by Crippen LogP contribution is -2.45. The molecule has 0 aliphatic carbocycles. The van der Waals surface area contributed by atoms with Crippen LogP contribution < -0.4 is 16.0 Å². The molecule has 0 unspecified atom stereocenters. The van der Waals surface area contributed by atoms with Crippen molar-refractivity contribution in [3.8, 4) is 0 Å². The average molecular weight is 380 g/mol. The molecule has 3 N–H and O–H groups in total. The van der Waals surface area contributed by atoms with Gasteiger partial charge in [0.25, 0.3) is 0 Å². The molecule has 0 aromatic heterocycles. The fourth-order valence-electron chi connectivity index (χ4n) is 3.22. The Kier molecular flexibility index (Phi) is 5.93. The zero-order valence-corrected chi connectivity index (χ0v) is 16.0. The summed E-state index contributed by atoms with van der Waals surface area (Å²) >= 11 is 0. The van der Waals surface area contributed by atoms with Crippen LogP contribution in [0.4, 0.5) is 21.9 Å². The van der Waals surface area contributed by atoms with Crippen molar-refractivity contribution in [2.75, 3.05) is 22.5 Å². The predicted molar refractivity (Wildman–Crippen MR) is 109 cm³/mol. The van der Waals surface area contributed by atoms with Crippen molar-refractivity contribution in [1.29, 1.82) is 0 Å².